The first kappa shape index (κ1) is 24.6. The molecule has 32 heavy (non-hydrogen) atoms. The Morgan fingerprint density at radius 3 is 2.44 bits per heavy atom. The molecule has 2 aromatic carbocycles. The van der Waals surface area contributed by atoms with Crippen LogP contribution in [0.5, 0.6) is 0 Å². The van der Waals surface area contributed by atoms with E-state index in [0.717, 1.165) is 33.7 Å². The van der Waals surface area contributed by atoms with Gasteiger partial charge in [-0.15, -0.1) is 0 Å². The first-order valence-electron chi connectivity index (χ1n) is 10.5. The van der Waals surface area contributed by atoms with E-state index in [0.29, 0.717) is 5.69 Å². The van der Waals surface area contributed by atoms with Crippen LogP contribution in [0.4, 0.5) is 10.1 Å². The Labute approximate surface area is 191 Å². The zero-order valence-corrected chi connectivity index (χ0v) is 19.2. The quantitative estimate of drug-likeness (QED) is 0.418. The standard InChI is InChI=1S/C28H30FN3/c1-8-22(17-31-19(4)5)20(6)28(26-12-10-9-11-25(26)18(2)3)21(7)32-24-13-14-27(29)23(15-24)16-30/h8-15,17,20,28,32H,2,4,7H2,1,3,5-6H3/b22-8+,31-17?. The summed E-state index contributed by atoms with van der Waals surface area (Å²) in [6.45, 7) is 20.3. The summed E-state index contributed by atoms with van der Waals surface area (Å²) in [5.41, 5.74) is 6.17. The summed E-state index contributed by atoms with van der Waals surface area (Å²) in [6.07, 6.45) is 3.87. The van der Waals surface area contributed by atoms with Crippen molar-refractivity contribution in [2.24, 2.45) is 10.9 Å². The lowest BCUT2D eigenvalue weighted by Crippen LogP contribution is -2.20. The van der Waals surface area contributed by atoms with Gasteiger partial charge in [0.15, 0.2) is 0 Å². The highest BCUT2D eigenvalue weighted by Gasteiger charge is 2.27. The van der Waals surface area contributed by atoms with Gasteiger partial charge in [-0.2, -0.15) is 5.26 Å². The summed E-state index contributed by atoms with van der Waals surface area (Å²) in [5, 5.41) is 12.5. The second kappa shape index (κ2) is 11.1. The molecule has 164 valence electrons. The largest absolute Gasteiger partial charge is 0.359 e. The molecule has 2 aromatic rings. The number of nitrogens with zero attached hydrogens (tertiary/aromatic N) is 2. The van der Waals surface area contributed by atoms with Crippen molar-refractivity contribution >= 4 is 17.5 Å². The Kier molecular flexibility index (Phi) is 8.49. The molecular formula is C28H30FN3. The average molecular weight is 428 g/mol. The maximum absolute atomic E-state index is 13.8. The second-order valence-corrected chi connectivity index (χ2v) is 7.87. The van der Waals surface area contributed by atoms with E-state index in [-0.39, 0.29) is 17.4 Å². The van der Waals surface area contributed by atoms with Gasteiger partial charge in [0.05, 0.1) is 5.56 Å². The monoisotopic (exact) mass is 427 g/mol. The predicted octanol–water partition coefficient (Wildman–Crippen LogP) is 7.63. The molecule has 0 saturated heterocycles. The molecule has 4 heteroatoms. The highest BCUT2D eigenvalue weighted by atomic mass is 19.1. The van der Waals surface area contributed by atoms with Gasteiger partial charge in [0.2, 0.25) is 0 Å². The molecule has 0 aliphatic carbocycles. The van der Waals surface area contributed by atoms with Gasteiger partial charge in [0.25, 0.3) is 0 Å². The van der Waals surface area contributed by atoms with Gasteiger partial charge in [0, 0.05) is 29.2 Å². The topological polar surface area (TPSA) is 48.2 Å². The predicted molar refractivity (Wildman–Crippen MR) is 134 cm³/mol. The van der Waals surface area contributed by atoms with Gasteiger partial charge in [-0.3, -0.25) is 4.99 Å². The molecule has 0 aromatic heterocycles. The Hall–Kier alpha value is -3.71. The summed E-state index contributed by atoms with van der Waals surface area (Å²) in [5.74, 6) is -0.672. The number of allylic oxidation sites excluding steroid dienone is 5. The lowest BCUT2D eigenvalue weighted by Gasteiger charge is -2.30. The zero-order valence-electron chi connectivity index (χ0n) is 19.2. The van der Waals surface area contributed by atoms with Crippen LogP contribution in [0.25, 0.3) is 5.57 Å². The van der Waals surface area contributed by atoms with Gasteiger partial charge >= 0.3 is 0 Å². The van der Waals surface area contributed by atoms with Crippen molar-refractivity contribution in [1.29, 1.82) is 5.26 Å². The van der Waals surface area contributed by atoms with Gasteiger partial charge < -0.3 is 5.32 Å². The Bertz CT molecular complexity index is 1130. The number of nitriles is 1. The molecule has 3 nitrogen and oxygen atoms in total. The molecule has 0 aliphatic rings. The number of benzene rings is 2. The number of halogens is 1. The Balaban J connectivity index is 2.56. The van der Waals surface area contributed by atoms with Crippen molar-refractivity contribution in [2.75, 3.05) is 5.32 Å². The van der Waals surface area contributed by atoms with Crippen molar-refractivity contribution in [1.82, 2.24) is 0 Å². The van der Waals surface area contributed by atoms with Crippen LogP contribution < -0.4 is 5.32 Å². The molecule has 0 fully saturated rings. The highest BCUT2D eigenvalue weighted by molar-refractivity contribution is 5.80. The summed E-state index contributed by atoms with van der Waals surface area (Å²) in [6, 6.07) is 14.4. The molecule has 2 unspecified atom stereocenters. The SMILES string of the molecule is C=C(C)N=C/C(=C\C)C(C)C(C(=C)Nc1ccc(F)c(C#N)c1)c1ccccc1C(=C)C. The van der Waals surface area contributed by atoms with Crippen LogP contribution in [0.3, 0.4) is 0 Å². The third-order valence-corrected chi connectivity index (χ3v) is 5.32. The summed E-state index contributed by atoms with van der Waals surface area (Å²) < 4.78 is 13.8. The molecule has 0 saturated carbocycles. The van der Waals surface area contributed by atoms with Gasteiger partial charge in [-0.1, -0.05) is 62.6 Å². The third kappa shape index (κ3) is 5.92. The van der Waals surface area contributed by atoms with Crippen LogP contribution in [-0.4, -0.2) is 6.21 Å². The maximum Gasteiger partial charge on any atom is 0.141 e. The minimum atomic E-state index is -0.548. The molecule has 1 N–H and O–H groups in total. The third-order valence-electron chi connectivity index (χ3n) is 5.32. The first-order valence-corrected chi connectivity index (χ1v) is 10.5. The molecule has 0 amide bonds. The van der Waals surface area contributed by atoms with Crippen molar-refractivity contribution in [3.63, 3.8) is 0 Å². The van der Waals surface area contributed by atoms with Crippen molar-refractivity contribution in [2.45, 2.75) is 33.6 Å². The number of anilines is 1. The summed E-state index contributed by atoms with van der Waals surface area (Å²) in [7, 11) is 0. The molecule has 0 radical (unpaired) electrons. The molecule has 0 bridgehead atoms. The second-order valence-electron chi connectivity index (χ2n) is 7.87. The maximum atomic E-state index is 13.8. The van der Waals surface area contributed by atoms with Crippen LogP contribution >= 0.6 is 0 Å². The lowest BCUT2D eigenvalue weighted by molar-refractivity contribution is 0.601. The van der Waals surface area contributed by atoms with Crippen LogP contribution in [0.1, 0.15) is 50.3 Å². The number of aliphatic imine (C=N–C) groups is 1. The van der Waals surface area contributed by atoms with E-state index in [1.807, 2.05) is 57.3 Å². The average Bonchev–Trinajstić information content (AvgIpc) is 2.75. The van der Waals surface area contributed by atoms with Crippen LogP contribution in [-0.2, 0) is 0 Å². The lowest BCUT2D eigenvalue weighted by atomic mass is 9.78. The Morgan fingerprint density at radius 1 is 1.16 bits per heavy atom. The van der Waals surface area contributed by atoms with E-state index in [1.54, 1.807) is 6.07 Å². The van der Waals surface area contributed by atoms with E-state index >= 15 is 0 Å². The van der Waals surface area contributed by atoms with E-state index in [9.17, 15) is 9.65 Å². The molecule has 0 aliphatic heterocycles. The first-order chi connectivity index (χ1) is 15.2. The molecule has 0 spiro atoms. The smallest absolute Gasteiger partial charge is 0.141 e. The van der Waals surface area contributed by atoms with Gasteiger partial charge in [-0.25, -0.2) is 4.39 Å². The van der Waals surface area contributed by atoms with Crippen molar-refractivity contribution in [3.05, 3.63) is 108 Å². The van der Waals surface area contributed by atoms with Gasteiger partial charge in [-0.05, 0) is 61.6 Å². The fraction of sp³-hybridized carbons (Fsp3) is 0.214. The normalized spacial score (nSPS) is 13.3. The van der Waals surface area contributed by atoms with E-state index in [1.165, 1.54) is 12.1 Å². The van der Waals surface area contributed by atoms with E-state index in [4.69, 9.17) is 0 Å². The number of nitrogens with one attached hydrogen (secondary N) is 1. The Morgan fingerprint density at radius 2 is 1.84 bits per heavy atom. The van der Waals surface area contributed by atoms with Crippen molar-refractivity contribution < 1.29 is 4.39 Å². The van der Waals surface area contributed by atoms with Crippen LogP contribution in [0.2, 0.25) is 0 Å². The molecular weight excluding hydrogens is 397 g/mol. The molecule has 2 atom stereocenters. The minimum absolute atomic E-state index is 0.0134. The fourth-order valence-electron chi connectivity index (χ4n) is 3.70. The van der Waals surface area contributed by atoms with E-state index in [2.05, 4.69) is 43.0 Å². The molecule has 2 rings (SSSR count). The number of rotatable bonds is 9. The summed E-state index contributed by atoms with van der Waals surface area (Å²) in [4.78, 5) is 4.39. The number of hydrogen-bond acceptors (Lipinski definition) is 3. The van der Waals surface area contributed by atoms with Crippen LogP contribution in [0, 0.1) is 23.1 Å². The van der Waals surface area contributed by atoms with Crippen LogP contribution in [0.15, 0.2) is 90.2 Å². The van der Waals surface area contributed by atoms with E-state index < -0.39 is 5.82 Å². The zero-order chi connectivity index (χ0) is 23.8. The molecule has 0 heterocycles. The fourth-order valence-corrected chi connectivity index (χ4v) is 3.70. The minimum Gasteiger partial charge on any atom is -0.359 e. The summed E-state index contributed by atoms with van der Waals surface area (Å²) >= 11 is 0. The van der Waals surface area contributed by atoms with Crippen molar-refractivity contribution in [3.8, 4) is 6.07 Å². The number of hydrogen-bond donors (Lipinski definition) is 1. The highest BCUT2D eigenvalue weighted by Crippen LogP contribution is 2.39. The van der Waals surface area contributed by atoms with Gasteiger partial charge in [0.1, 0.15) is 11.9 Å².